The van der Waals surface area contributed by atoms with E-state index in [0.29, 0.717) is 58.2 Å². The summed E-state index contributed by atoms with van der Waals surface area (Å²) in [6, 6.07) is 3.45. The molecule has 4 aromatic rings. The first-order valence-corrected chi connectivity index (χ1v) is 11.6. The monoisotopic (exact) mass is 451 g/mol. The fourth-order valence-electron chi connectivity index (χ4n) is 5.82. The zero-order chi connectivity index (χ0) is 21.8. The van der Waals surface area contributed by atoms with Crippen LogP contribution in [0.25, 0.3) is 34.0 Å². The largest absolute Gasteiger partial charge is 0.463 e. The Labute approximate surface area is 189 Å². The first kappa shape index (κ1) is 19.9. The summed E-state index contributed by atoms with van der Waals surface area (Å²) in [5, 5.41) is 0.277. The van der Waals surface area contributed by atoms with Gasteiger partial charge in [-0.25, -0.2) is 24.3 Å². The third kappa shape index (κ3) is 3.22. The zero-order valence-corrected chi connectivity index (χ0v) is 18.4. The minimum atomic E-state index is -0.402. The van der Waals surface area contributed by atoms with Crippen molar-refractivity contribution >= 4 is 22.8 Å². The van der Waals surface area contributed by atoms with E-state index >= 15 is 4.39 Å². The molecule has 0 radical (unpaired) electrons. The summed E-state index contributed by atoms with van der Waals surface area (Å²) in [7, 11) is 0. The van der Waals surface area contributed by atoms with Gasteiger partial charge in [0, 0.05) is 6.20 Å². The van der Waals surface area contributed by atoms with Crippen molar-refractivity contribution in [2.45, 2.75) is 39.0 Å². The summed E-state index contributed by atoms with van der Waals surface area (Å²) < 4.78 is 21.2. The molecule has 3 fully saturated rings. The van der Waals surface area contributed by atoms with Crippen LogP contribution < -0.4 is 0 Å². The van der Waals surface area contributed by atoms with E-state index in [1.807, 2.05) is 0 Å². The van der Waals surface area contributed by atoms with Gasteiger partial charge < -0.3 is 9.40 Å². The van der Waals surface area contributed by atoms with Crippen molar-refractivity contribution in [2.24, 2.45) is 23.7 Å². The fourth-order valence-corrected chi connectivity index (χ4v) is 5.95. The molecule has 6 nitrogen and oxygen atoms in total. The minimum absolute atomic E-state index is 0.174. The maximum Gasteiger partial charge on any atom is 0.174 e. The van der Waals surface area contributed by atoms with Crippen LogP contribution >= 0.6 is 11.6 Å². The molecule has 2 atom stereocenters. The van der Waals surface area contributed by atoms with E-state index < -0.39 is 5.82 Å². The van der Waals surface area contributed by atoms with E-state index in [1.165, 1.54) is 38.1 Å². The molecule has 0 aliphatic heterocycles. The lowest BCUT2D eigenvalue weighted by molar-refractivity contribution is 0.0334. The Morgan fingerprint density at radius 3 is 2.72 bits per heavy atom. The molecule has 32 heavy (non-hydrogen) atoms. The van der Waals surface area contributed by atoms with Crippen molar-refractivity contribution < 1.29 is 8.81 Å². The molecule has 0 unspecified atom stereocenters. The Balaban J connectivity index is 1.48. The van der Waals surface area contributed by atoms with Gasteiger partial charge in [-0.3, -0.25) is 0 Å². The number of hydrogen-bond donors (Lipinski definition) is 1. The molecule has 4 heterocycles. The number of furan rings is 1. The number of nitrogens with zero attached hydrogens (tertiary/aromatic N) is 4. The molecule has 3 aliphatic rings. The highest BCUT2D eigenvalue weighted by Crippen LogP contribution is 2.50. The summed E-state index contributed by atoms with van der Waals surface area (Å²) in [5.74, 6) is 2.76. The molecule has 0 spiro atoms. The van der Waals surface area contributed by atoms with Gasteiger partial charge in [-0.1, -0.05) is 18.5 Å². The molecule has 1 N–H and O–H groups in total. The molecule has 0 aromatic carbocycles. The van der Waals surface area contributed by atoms with Crippen molar-refractivity contribution in [1.82, 2.24) is 24.9 Å². The summed E-state index contributed by atoms with van der Waals surface area (Å²) in [5.41, 5.74) is 2.40. The van der Waals surface area contributed by atoms with Crippen LogP contribution in [0.3, 0.4) is 0 Å². The second-order valence-corrected chi connectivity index (χ2v) is 9.52. The number of nitrogens with one attached hydrogen (secondary N) is 1. The summed E-state index contributed by atoms with van der Waals surface area (Å²) >= 11 is 6.08. The second kappa shape index (κ2) is 7.66. The molecule has 3 aliphatic carbocycles. The van der Waals surface area contributed by atoms with Gasteiger partial charge in [-0.05, 0) is 67.9 Å². The lowest BCUT2D eigenvalue weighted by Gasteiger charge is -2.47. The number of fused-ring (bicyclic) bond motifs is 4. The predicted octanol–water partition coefficient (Wildman–Crippen LogP) is 6.08. The normalized spacial score (nSPS) is 25.0. The molecule has 164 valence electrons. The molecule has 0 amide bonds. The topological polar surface area (TPSA) is 80.5 Å². The van der Waals surface area contributed by atoms with Gasteiger partial charge in [0.2, 0.25) is 0 Å². The van der Waals surface area contributed by atoms with Crippen molar-refractivity contribution in [3.63, 3.8) is 0 Å². The number of aromatic nitrogens is 5. The van der Waals surface area contributed by atoms with Crippen LogP contribution in [0.2, 0.25) is 5.15 Å². The number of hydrogen-bond acceptors (Lipinski definition) is 5. The average Bonchev–Trinajstić information content (AvgIpc) is 3.48. The Morgan fingerprint density at radius 1 is 1.16 bits per heavy atom. The third-order valence-corrected chi connectivity index (χ3v) is 7.72. The van der Waals surface area contributed by atoms with E-state index in [1.54, 1.807) is 18.3 Å². The van der Waals surface area contributed by atoms with Crippen molar-refractivity contribution in [1.29, 1.82) is 0 Å². The molecule has 0 saturated heterocycles. The lowest BCUT2D eigenvalue weighted by Crippen LogP contribution is -2.39. The van der Waals surface area contributed by atoms with E-state index in [4.69, 9.17) is 21.0 Å². The smallest absolute Gasteiger partial charge is 0.174 e. The number of halogens is 2. The van der Waals surface area contributed by atoms with Crippen LogP contribution in [0.15, 0.2) is 35.2 Å². The molecular weight excluding hydrogens is 429 g/mol. The Bertz CT molecular complexity index is 1280. The standard InChI is InChI=1S/C24H23ClFN5O/c1-12-13-4-6-14(7-5-13)15(12)9-17-20(26)22(18-3-2-8-32-18)31-23(29-17)16-10-27-24-21(16)30-19(25)11-28-24/h2-3,8,10-15H,4-7,9H2,1H3,(H,27,28)/t12-,13?,14?,15+/m0/s1. The van der Waals surface area contributed by atoms with Gasteiger partial charge in [0.15, 0.2) is 23.0 Å². The first-order valence-electron chi connectivity index (χ1n) is 11.2. The molecule has 4 aromatic heterocycles. The maximum atomic E-state index is 15.7. The van der Waals surface area contributed by atoms with Gasteiger partial charge in [-0.15, -0.1) is 0 Å². The molecule has 8 heteroatoms. The maximum absolute atomic E-state index is 15.7. The quantitative estimate of drug-likeness (QED) is 0.406. The predicted molar refractivity (Wildman–Crippen MR) is 119 cm³/mol. The van der Waals surface area contributed by atoms with Crippen LogP contribution in [0, 0.1) is 29.5 Å². The molecule has 7 rings (SSSR count). The van der Waals surface area contributed by atoms with Crippen molar-refractivity contribution in [3.8, 4) is 22.8 Å². The fraction of sp³-hybridized carbons (Fsp3) is 0.417. The molecule has 2 bridgehead atoms. The first-order chi connectivity index (χ1) is 15.6. The van der Waals surface area contributed by atoms with E-state index in [0.717, 1.165) is 5.92 Å². The van der Waals surface area contributed by atoms with Gasteiger partial charge in [0.25, 0.3) is 0 Å². The van der Waals surface area contributed by atoms with E-state index in [2.05, 4.69) is 26.9 Å². The summed E-state index contributed by atoms with van der Waals surface area (Å²) in [4.78, 5) is 21.0. The van der Waals surface area contributed by atoms with Crippen molar-refractivity contribution in [2.75, 3.05) is 0 Å². The van der Waals surface area contributed by atoms with Crippen LogP contribution in [0.1, 0.15) is 38.3 Å². The Hall–Kier alpha value is -2.80. The lowest BCUT2D eigenvalue weighted by atomic mass is 9.58. The van der Waals surface area contributed by atoms with Gasteiger partial charge in [0.1, 0.15) is 16.4 Å². The number of rotatable bonds is 4. The average molecular weight is 452 g/mol. The van der Waals surface area contributed by atoms with Crippen molar-refractivity contribution in [3.05, 3.63) is 47.5 Å². The summed E-state index contributed by atoms with van der Waals surface area (Å²) in [6.07, 6.45) is 10.4. The van der Waals surface area contributed by atoms with Gasteiger partial charge in [0.05, 0.1) is 23.7 Å². The van der Waals surface area contributed by atoms with Gasteiger partial charge >= 0.3 is 0 Å². The number of H-pyrrole nitrogens is 1. The Kier molecular flexibility index (Phi) is 4.75. The summed E-state index contributed by atoms with van der Waals surface area (Å²) in [6.45, 7) is 2.32. The molecular formula is C24H23ClFN5O. The highest BCUT2D eigenvalue weighted by atomic mass is 35.5. The highest BCUT2D eigenvalue weighted by molar-refractivity contribution is 6.29. The van der Waals surface area contributed by atoms with Crippen LogP contribution in [0.4, 0.5) is 4.39 Å². The minimum Gasteiger partial charge on any atom is -0.463 e. The van der Waals surface area contributed by atoms with E-state index in [9.17, 15) is 0 Å². The Morgan fingerprint density at radius 2 is 1.97 bits per heavy atom. The SMILES string of the molecule is C[C@H]1C2CCC(CC2)[C@@H]1Cc1nc(-c2c[nH]c3ncc(Cl)nc23)nc(-c2ccco2)c1F. The highest BCUT2D eigenvalue weighted by Gasteiger charge is 2.41. The van der Waals surface area contributed by atoms with Gasteiger partial charge in [-0.2, -0.15) is 0 Å². The third-order valence-electron chi connectivity index (χ3n) is 7.54. The second-order valence-electron chi connectivity index (χ2n) is 9.13. The number of aromatic amines is 1. The zero-order valence-electron chi connectivity index (χ0n) is 17.7. The van der Waals surface area contributed by atoms with Crippen LogP contribution in [-0.2, 0) is 6.42 Å². The van der Waals surface area contributed by atoms with Crippen LogP contribution in [-0.4, -0.2) is 24.9 Å². The van der Waals surface area contributed by atoms with Crippen LogP contribution in [0.5, 0.6) is 0 Å². The van der Waals surface area contributed by atoms with E-state index in [-0.39, 0.29) is 10.8 Å². The molecule has 3 saturated carbocycles.